The summed E-state index contributed by atoms with van der Waals surface area (Å²) in [5.74, 6) is 1.10. The summed E-state index contributed by atoms with van der Waals surface area (Å²) in [5.41, 5.74) is 1.96. The second-order valence-electron chi connectivity index (χ2n) is 5.24. The molecule has 3 rings (SSSR count). The van der Waals surface area contributed by atoms with Crippen LogP contribution in [-0.2, 0) is 17.8 Å². The molecule has 0 amide bonds. The van der Waals surface area contributed by atoms with Crippen molar-refractivity contribution in [1.29, 1.82) is 0 Å². The lowest BCUT2D eigenvalue weighted by molar-refractivity contribution is -0.0841. The minimum absolute atomic E-state index is 0.111. The van der Waals surface area contributed by atoms with Gasteiger partial charge in [-0.05, 0) is 25.0 Å². The molecule has 2 aromatic rings. The summed E-state index contributed by atoms with van der Waals surface area (Å²) < 4.78 is 11.0. The summed E-state index contributed by atoms with van der Waals surface area (Å²) in [7, 11) is 0. The van der Waals surface area contributed by atoms with Crippen LogP contribution in [0.25, 0.3) is 11.4 Å². The molecule has 6 nitrogen and oxygen atoms in total. The molecule has 0 spiro atoms. The molecular formula is C14H18N4O2. The Morgan fingerprint density at radius 1 is 1.45 bits per heavy atom. The minimum Gasteiger partial charge on any atom is -0.363 e. The molecule has 20 heavy (non-hydrogen) atoms. The molecule has 0 unspecified atom stereocenters. The van der Waals surface area contributed by atoms with Gasteiger partial charge in [0, 0.05) is 31.0 Å². The first-order valence-electron chi connectivity index (χ1n) is 6.81. The molecule has 1 aliphatic heterocycles. The monoisotopic (exact) mass is 274 g/mol. The highest BCUT2D eigenvalue weighted by atomic mass is 16.5. The van der Waals surface area contributed by atoms with Gasteiger partial charge >= 0.3 is 0 Å². The van der Waals surface area contributed by atoms with Crippen LogP contribution < -0.4 is 5.32 Å². The number of aryl methyl sites for hydroxylation is 1. The minimum atomic E-state index is -0.111. The van der Waals surface area contributed by atoms with Crippen molar-refractivity contribution in [1.82, 2.24) is 20.4 Å². The summed E-state index contributed by atoms with van der Waals surface area (Å²) in [6, 6.07) is 1.91. The zero-order valence-corrected chi connectivity index (χ0v) is 11.7. The van der Waals surface area contributed by atoms with Gasteiger partial charge in [-0.15, -0.1) is 0 Å². The Labute approximate surface area is 117 Å². The lowest BCUT2D eigenvalue weighted by Crippen LogP contribution is -2.58. The van der Waals surface area contributed by atoms with E-state index in [0.717, 1.165) is 30.6 Å². The number of nitrogens with zero attached hydrogens (tertiary/aromatic N) is 3. The highest BCUT2D eigenvalue weighted by Gasteiger charge is 2.33. The molecule has 0 saturated carbocycles. The van der Waals surface area contributed by atoms with Crippen LogP contribution in [0.1, 0.15) is 25.3 Å². The van der Waals surface area contributed by atoms with Crippen molar-refractivity contribution in [3.05, 3.63) is 29.9 Å². The van der Waals surface area contributed by atoms with Gasteiger partial charge < -0.3 is 14.6 Å². The van der Waals surface area contributed by atoms with Gasteiger partial charge in [-0.3, -0.25) is 4.98 Å². The van der Waals surface area contributed by atoms with E-state index in [-0.39, 0.29) is 5.60 Å². The van der Waals surface area contributed by atoms with Crippen LogP contribution >= 0.6 is 0 Å². The van der Waals surface area contributed by atoms with Crippen LogP contribution in [0.5, 0.6) is 0 Å². The average molecular weight is 274 g/mol. The summed E-state index contributed by atoms with van der Waals surface area (Å²) in [4.78, 5) is 8.52. The molecule has 1 aliphatic rings. The van der Waals surface area contributed by atoms with E-state index in [9.17, 15) is 0 Å². The molecule has 6 heteroatoms. The SMILES string of the molecule is CCc1cnccc1-c1noc(COC2(C)CNC2)n1. The van der Waals surface area contributed by atoms with E-state index in [0.29, 0.717) is 18.3 Å². The van der Waals surface area contributed by atoms with E-state index in [1.54, 1.807) is 6.20 Å². The molecular weight excluding hydrogens is 256 g/mol. The first-order valence-corrected chi connectivity index (χ1v) is 6.81. The Hall–Kier alpha value is -1.79. The Kier molecular flexibility index (Phi) is 3.50. The number of aromatic nitrogens is 3. The van der Waals surface area contributed by atoms with Crippen LogP contribution in [0.3, 0.4) is 0 Å². The van der Waals surface area contributed by atoms with Crippen molar-refractivity contribution in [2.45, 2.75) is 32.5 Å². The first kappa shape index (κ1) is 13.2. The third-order valence-corrected chi connectivity index (χ3v) is 3.54. The van der Waals surface area contributed by atoms with Crippen LogP contribution in [0.4, 0.5) is 0 Å². The summed E-state index contributed by atoms with van der Waals surface area (Å²) in [5, 5.41) is 7.22. The molecule has 0 radical (unpaired) electrons. The molecule has 1 fully saturated rings. The summed E-state index contributed by atoms with van der Waals surface area (Å²) >= 11 is 0. The van der Waals surface area contributed by atoms with Crippen molar-refractivity contribution in [3.8, 4) is 11.4 Å². The molecule has 2 aromatic heterocycles. The number of pyridine rings is 1. The second kappa shape index (κ2) is 5.30. The molecule has 0 bridgehead atoms. The number of hydrogen-bond acceptors (Lipinski definition) is 6. The van der Waals surface area contributed by atoms with Crippen molar-refractivity contribution in [2.75, 3.05) is 13.1 Å². The fourth-order valence-corrected chi connectivity index (χ4v) is 2.17. The van der Waals surface area contributed by atoms with Gasteiger partial charge in [0.05, 0.1) is 5.60 Å². The Morgan fingerprint density at radius 2 is 2.30 bits per heavy atom. The van der Waals surface area contributed by atoms with Crippen LogP contribution in [0.2, 0.25) is 0 Å². The quantitative estimate of drug-likeness (QED) is 0.892. The maximum absolute atomic E-state index is 5.79. The zero-order valence-electron chi connectivity index (χ0n) is 11.7. The van der Waals surface area contributed by atoms with Gasteiger partial charge in [0.25, 0.3) is 5.89 Å². The van der Waals surface area contributed by atoms with Crippen LogP contribution in [0, 0.1) is 0 Å². The predicted molar refractivity (Wildman–Crippen MR) is 73.0 cm³/mol. The lowest BCUT2D eigenvalue weighted by atomic mass is 10.0. The fourth-order valence-electron chi connectivity index (χ4n) is 2.17. The highest BCUT2D eigenvalue weighted by Crippen LogP contribution is 2.22. The fraction of sp³-hybridized carbons (Fsp3) is 0.500. The van der Waals surface area contributed by atoms with E-state index in [1.807, 2.05) is 12.3 Å². The van der Waals surface area contributed by atoms with Gasteiger partial charge in [-0.1, -0.05) is 12.1 Å². The molecule has 3 heterocycles. The normalized spacial score (nSPS) is 16.9. The van der Waals surface area contributed by atoms with Crippen LogP contribution in [0.15, 0.2) is 23.0 Å². The van der Waals surface area contributed by atoms with E-state index >= 15 is 0 Å². The zero-order chi connectivity index (χ0) is 14.0. The van der Waals surface area contributed by atoms with Gasteiger partial charge in [-0.2, -0.15) is 4.98 Å². The standard InChI is InChI=1S/C14H18N4O2/c1-3-10-6-15-5-4-11(10)13-17-12(20-18-13)7-19-14(2)8-16-9-14/h4-6,16H,3,7-9H2,1-2H3. The van der Waals surface area contributed by atoms with Gasteiger partial charge in [-0.25, -0.2) is 0 Å². The summed E-state index contributed by atoms with van der Waals surface area (Å²) in [6.45, 7) is 6.21. The van der Waals surface area contributed by atoms with Gasteiger partial charge in [0.2, 0.25) is 5.82 Å². The van der Waals surface area contributed by atoms with E-state index in [2.05, 4.69) is 34.3 Å². The molecule has 106 valence electrons. The topological polar surface area (TPSA) is 73.1 Å². The highest BCUT2D eigenvalue weighted by molar-refractivity contribution is 5.58. The third-order valence-electron chi connectivity index (χ3n) is 3.54. The van der Waals surface area contributed by atoms with Crippen molar-refractivity contribution in [3.63, 3.8) is 0 Å². The smallest absolute Gasteiger partial charge is 0.252 e. The Balaban J connectivity index is 1.73. The summed E-state index contributed by atoms with van der Waals surface area (Å²) in [6.07, 6.45) is 4.46. The maximum atomic E-state index is 5.79. The average Bonchev–Trinajstić information content (AvgIpc) is 2.92. The van der Waals surface area contributed by atoms with E-state index in [1.165, 1.54) is 0 Å². The predicted octanol–water partition coefficient (Wildman–Crippen LogP) is 1.57. The molecule has 1 saturated heterocycles. The Morgan fingerprint density at radius 3 is 3.00 bits per heavy atom. The van der Waals surface area contributed by atoms with Crippen LogP contribution in [-0.4, -0.2) is 33.8 Å². The first-order chi connectivity index (χ1) is 9.70. The Bertz CT molecular complexity index is 592. The van der Waals surface area contributed by atoms with Gasteiger partial charge in [0.15, 0.2) is 0 Å². The number of hydrogen-bond donors (Lipinski definition) is 1. The molecule has 0 atom stereocenters. The molecule has 0 aliphatic carbocycles. The number of rotatable bonds is 5. The van der Waals surface area contributed by atoms with E-state index in [4.69, 9.17) is 9.26 Å². The van der Waals surface area contributed by atoms with Crippen molar-refractivity contribution in [2.24, 2.45) is 0 Å². The van der Waals surface area contributed by atoms with E-state index < -0.39 is 0 Å². The van der Waals surface area contributed by atoms with Crippen molar-refractivity contribution < 1.29 is 9.26 Å². The van der Waals surface area contributed by atoms with Crippen molar-refractivity contribution >= 4 is 0 Å². The lowest BCUT2D eigenvalue weighted by Gasteiger charge is -2.38. The third kappa shape index (κ3) is 2.57. The maximum Gasteiger partial charge on any atom is 0.252 e. The molecule has 1 N–H and O–H groups in total. The van der Waals surface area contributed by atoms with Gasteiger partial charge in [0.1, 0.15) is 6.61 Å². The second-order valence-corrected chi connectivity index (χ2v) is 5.24. The molecule has 0 aromatic carbocycles. The number of nitrogens with one attached hydrogen (secondary N) is 1. The number of ether oxygens (including phenoxy) is 1. The largest absolute Gasteiger partial charge is 0.363 e.